The van der Waals surface area contributed by atoms with Crippen molar-refractivity contribution in [3.8, 4) is 22.8 Å². The van der Waals surface area contributed by atoms with Gasteiger partial charge >= 0.3 is 0 Å². The lowest BCUT2D eigenvalue weighted by Crippen LogP contribution is -2.18. The van der Waals surface area contributed by atoms with Gasteiger partial charge in [-0.05, 0) is 44.2 Å². The van der Waals surface area contributed by atoms with Crippen LogP contribution in [0.2, 0.25) is 0 Å². The van der Waals surface area contributed by atoms with E-state index in [-0.39, 0.29) is 11.7 Å². The number of fused-ring (bicyclic) bond motifs is 1. The maximum absolute atomic E-state index is 13.0. The van der Waals surface area contributed by atoms with E-state index in [1.165, 1.54) is 6.21 Å². The number of para-hydroxylation sites is 2. The number of amides is 1. The molecule has 0 spiro atoms. The van der Waals surface area contributed by atoms with Crippen LogP contribution < -0.4 is 10.2 Å². The highest BCUT2D eigenvalue weighted by atomic mass is 16.5. The molecule has 3 aromatic carbocycles. The van der Waals surface area contributed by atoms with Crippen LogP contribution in [-0.2, 0) is 0 Å². The molecule has 0 radical (unpaired) electrons. The molecule has 0 aliphatic carbocycles. The predicted octanol–water partition coefficient (Wildman–Crippen LogP) is 5.08. The molecule has 6 heteroatoms. The molecule has 32 heavy (non-hydrogen) atoms. The Kier molecular flexibility index (Phi) is 6.12. The summed E-state index contributed by atoms with van der Waals surface area (Å²) in [5.74, 6) is -0.0247. The van der Waals surface area contributed by atoms with Crippen molar-refractivity contribution >= 4 is 23.0 Å². The van der Waals surface area contributed by atoms with Gasteiger partial charge in [-0.2, -0.15) is 5.10 Å². The van der Waals surface area contributed by atoms with Gasteiger partial charge < -0.3 is 9.84 Å². The number of phenols is 1. The van der Waals surface area contributed by atoms with Crippen molar-refractivity contribution in [2.45, 2.75) is 13.8 Å². The molecule has 1 amide bonds. The van der Waals surface area contributed by atoms with Crippen molar-refractivity contribution in [2.24, 2.45) is 5.10 Å². The van der Waals surface area contributed by atoms with Crippen molar-refractivity contribution in [3.63, 3.8) is 0 Å². The minimum Gasteiger partial charge on any atom is -0.504 e. The zero-order valence-corrected chi connectivity index (χ0v) is 17.9. The molecule has 4 rings (SSSR count). The van der Waals surface area contributed by atoms with E-state index in [1.54, 1.807) is 24.3 Å². The second-order valence-electron chi connectivity index (χ2n) is 7.27. The molecule has 2 N–H and O–H groups in total. The smallest absolute Gasteiger partial charge is 0.272 e. The van der Waals surface area contributed by atoms with Gasteiger partial charge in [0.05, 0.1) is 29.6 Å². The number of rotatable bonds is 6. The van der Waals surface area contributed by atoms with Crippen LogP contribution >= 0.6 is 0 Å². The summed E-state index contributed by atoms with van der Waals surface area (Å²) in [5, 5.41) is 15.1. The number of hydrazone groups is 1. The van der Waals surface area contributed by atoms with E-state index in [0.29, 0.717) is 29.2 Å². The first-order valence-electron chi connectivity index (χ1n) is 10.3. The molecule has 0 atom stereocenters. The number of ether oxygens (including phenoxy) is 1. The quantitative estimate of drug-likeness (QED) is 0.333. The van der Waals surface area contributed by atoms with Crippen LogP contribution in [0.3, 0.4) is 0 Å². The zero-order chi connectivity index (χ0) is 22.5. The van der Waals surface area contributed by atoms with Gasteiger partial charge in [-0.25, -0.2) is 10.4 Å². The Morgan fingerprint density at radius 2 is 1.91 bits per heavy atom. The third-order valence-electron chi connectivity index (χ3n) is 4.97. The molecule has 1 aromatic heterocycles. The summed E-state index contributed by atoms with van der Waals surface area (Å²) in [6.45, 7) is 4.29. The highest BCUT2D eigenvalue weighted by Crippen LogP contribution is 2.29. The molecule has 0 saturated carbocycles. The van der Waals surface area contributed by atoms with Crippen molar-refractivity contribution < 1.29 is 14.6 Å². The molecule has 0 aliphatic rings. The fourth-order valence-corrected chi connectivity index (χ4v) is 3.45. The first-order chi connectivity index (χ1) is 15.6. The lowest BCUT2D eigenvalue weighted by atomic mass is 10.0. The molecular formula is C26H23N3O3. The number of aromatic nitrogens is 1. The van der Waals surface area contributed by atoms with Crippen LogP contribution in [0.25, 0.3) is 22.2 Å². The van der Waals surface area contributed by atoms with E-state index in [0.717, 1.165) is 22.0 Å². The fourth-order valence-electron chi connectivity index (χ4n) is 3.45. The number of carbonyl (C=O) groups is 1. The Hall–Kier alpha value is -4.19. The zero-order valence-electron chi connectivity index (χ0n) is 17.9. The number of hydrogen-bond acceptors (Lipinski definition) is 5. The predicted molar refractivity (Wildman–Crippen MR) is 126 cm³/mol. The number of pyridine rings is 1. The van der Waals surface area contributed by atoms with Crippen molar-refractivity contribution in [3.05, 3.63) is 89.5 Å². The Bertz CT molecular complexity index is 1310. The summed E-state index contributed by atoms with van der Waals surface area (Å²) in [6, 6.07) is 22.4. The van der Waals surface area contributed by atoms with E-state index in [2.05, 4.69) is 10.5 Å². The molecular weight excluding hydrogens is 402 g/mol. The third-order valence-corrected chi connectivity index (χ3v) is 4.97. The summed E-state index contributed by atoms with van der Waals surface area (Å²) in [5.41, 5.74) is 6.95. The monoisotopic (exact) mass is 425 g/mol. The minimum absolute atomic E-state index is 0.0246. The summed E-state index contributed by atoms with van der Waals surface area (Å²) in [6.07, 6.45) is 1.39. The van der Waals surface area contributed by atoms with Crippen LogP contribution in [0.5, 0.6) is 11.5 Å². The SMILES string of the molecule is CCOc1cccc(/C=N/NC(=O)c2cc(-c3cccc(C)c3)nc3ccccc23)c1O. The van der Waals surface area contributed by atoms with Gasteiger partial charge in [-0.3, -0.25) is 4.79 Å². The van der Waals surface area contributed by atoms with Gasteiger partial charge in [0.1, 0.15) is 0 Å². The van der Waals surface area contributed by atoms with E-state index in [9.17, 15) is 9.90 Å². The van der Waals surface area contributed by atoms with Crippen molar-refractivity contribution in [2.75, 3.05) is 6.61 Å². The van der Waals surface area contributed by atoms with Crippen LogP contribution in [0, 0.1) is 6.92 Å². The van der Waals surface area contributed by atoms with Gasteiger partial charge in [0.15, 0.2) is 11.5 Å². The third kappa shape index (κ3) is 4.44. The topological polar surface area (TPSA) is 83.8 Å². The van der Waals surface area contributed by atoms with Crippen molar-refractivity contribution in [1.82, 2.24) is 10.4 Å². The molecule has 1 heterocycles. The molecule has 0 aliphatic heterocycles. The number of hydrogen-bond donors (Lipinski definition) is 2. The Morgan fingerprint density at radius 3 is 2.72 bits per heavy atom. The summed E-state index contributed by atoms with van der Waals surface area (Å²) in [4.78, 5) is 17.7. The largest absolute Gasteiger partial charge is 0.504 e. The van der Waals surface area contributed by atoms with Crippen molar-refractivity contribution in [1.29, 1.82) is 0 Å². The fraction of sp³-hybridized carbons (Fsp3) is 0.115. The number of carbonyl (C=O) groups excluding carboxylic acids is 1. The van der Waals surface area contributed by atoms with Crippen LogP contribution in [0.1, 0.15) is 28.4 Å². The van der Waals surface area contributed by atoms with Crippen LogP contribution in [0.15, 0.2) is 77.9 Å². The first kappa shape index (κ1) is 21.1. The highest BCUT2D eigenvalue weighted by molar-refractivity contribution is 6.07. The highest BCUT2D eigenvalue weighted by Gasteiger charge is 2.14. The Morgan fingerprint density at radius 1 is 1.09 bits per heavy atom. The van der Waals surface area contributed by atoms with E-state index >= 15 is 0 Å². The normalized spacial score (nSPS) is 11.1. The molecule has 0 saturated heterocycles. The number of benzene rings is 3. The van der Waals surface area contributed by atoms with Gasteiger partial charge in [-0.1, -0.05) is 48.0 Å². The lowest BCUT2D eigenvalue weighted by molar-refractivity contribution is 0.0956. The van der Waals surface area contributed by atoms with E-state index < -0.39 is 0 Å². The van der Waals surface area contributed by atoms with E-state index in [1.807, 2.05) is 62.4 Å². The summed E-state index contributed by atoms with van der Waals surface area (Å²) >= 11 is 0. The maximum Gasteiger partial charge on any atom is 0.272 e. The number of nitrogens with zero attached hydrogens (tertiary/aromatic N) is 2. The van der Waals surface area contributed by atoms with Gasteiger partial charge in [-0.15, -0.1) is 0 Å². The van der Waals surface area contributed by atoms with Gasteiger partial charge in [0.2, 0.25) is 0 Å². The average Bonchev–Trinajstić information content (AvgIpc) is 2.80. The lowest BCUT2D eigenvalue weighted by Gasteiger charge is -2.10. The Labute approximate surface area is 186 Å². The molecule has 4 aromatic rings. The average molecular weight is 425 g/mol. The molecule has 0 unspecified atom stereocenters. The maximum atomic E-state index is 13.0. The summed E-state index contributed by atoms with van der Waals surface area (Å²) in [7, 11) is 0. The summed E-state index contributed by atoms with van der Waals surface area (Å²) < 4.78 is 5.38. The minimum atomic E-state index is -0.366. The second-order valence-corrected chi connectivity index (χ2v) is 7.27. The molecule has 0 fully saturated rings. The molecule has 0 bridgehead atoms. The second kappa shape index (κ2) is 9.31. The number of nitrogens with one attached hydrogen (secondary N) is 1. The molecule has 6 nitrogen and oxygen atoms in total. The van der Waals surface area contributed by atoms with Gasteiger partial charge in [0, 0.05) is 16.5 Å². The number of phenolic OH excluding ortho intramolecular Hbond substituents is 1. The Balaban J connectivity index is 1.65. The van der Waals surface area contributed by atoms with Crippen LogP contribution in [0.4, 0.5) is 0 Å². The van der Waals surface area contributed by atoms with Crippen LogP contribution in [-0.4, -0.2) is 28.8 Å². The first-order valence-corrected chi connectivity index (χ1v) is 10.3. The standard InChI is InChI=1S/C26H23N3O3/c1-3-32-24-13-7-10-19(25(24)30)16-27-29-26(31)21-15-23(18-9-6-8-17(2)14-18)28-22-12-5-4-11-20(21)22/h4-16,30H,3H2,1-2H3,(H,29,31)/b27-16+. The molecule has 160 valence electrons. The van der Waals surface area contributed by atoms with Gasteiger partial charge in [0.25, 0.3) is 5.91 Å². The number of aryl methyl sites for hydroxylation is 1. The van der Waals surface area contributed by atoms with E-state index in [4.69, 9.17) is 9.72 Å². The number of aromatic hydroxyl groups is 1.